The van der Waals surface area contributed by atoms with Crippen LogP contribution in [0.2, 0.25) is 0 Å². The van der Waals surface area contributed by atoms with Crippen LogP contribution in [0.25, 0.3) is 0 Å². The van der Waals surface area contributed by atoms with E-state index in [0.29, 0.717) is 12.4 Å². The average Bonchev–Trinajstić information content (AvgIpc) is 2.51. The lowest BCUT2D eigenvalue weighted by molar-refractivity contribution is -0.149. The van der Waals surface area contributed by atoms with E-state index in [9.17, 15) is 4.79 Å². The fourth-order valence-corrected chi connectivity index (χ4v) is 1.40. The first-order valence-electron chi connectivity index (χ1n) is 4.95. The van der Waals surface area contributed by atoms with Gasteiger partial charge in [-0.25, -0.2) is 4.79 Å². The average molecular weight is 211 g/mol. The Morgan fingerprint density at radius 3 is 2.60 bits per heavy atom. The number of esters is 1. The quantitative estimate of drug-likeness (QED) is 0.712. The minimum absolute atomic E-state index is 0.281. The molecule has 4 nitrogen and oxygen atoms in total. The second-order valence-corrected chi connectivity index (χ2v) is 3.57. The SMILES string of the molecule is CCOC(=O)C(c1ccc(C)o1)N(C)C. The molecule has 0 radical (unpaired) electrons. The van der Waals surface area contributed by atoms with Crippen LogP contribution in [-0.2, 0) is 9.53 Å². The van der Waals surface area contributed by atoms with E-state index in [-0.39, 0.29) is 5.97 Å². The molecule has 0 saturated carbocycles. The molecule has 0 amide bonds. The number of hydrogen-bond donors (Lipinski definition) is 0. The van der Waals surface area contributed by atoms with E-state index in [1.165, 1.54) is 0 Å². The van der Waals surface area contributed by atoms with Crippen molar-refractivity contribution in [3.63, 3.8) is 0 Å². The molecule has 84 valence electrons. The summed E-state index contributed by atoms with van der Waals surface area (Å²) >= 11 is 0. The maximum atomic E-state index is 11.7. The van der Waals surface area contributed by atoms with Crippen LogP contribution in [-0.4, -0.2) is 31.6 Å². The minimum Gasteiger partial charge on any atom is -0.464 e. The summed E-state index contributed by atoms with van der Waals surface area (Å²) < 4.78 is 10.4. The Morgan fingerprint density at radius 2 is 2.20 bits per heavy atom. The summed E-state index contributed by atoms with van der Waals surface area (Å²) in [6, 6.07) is 3.18. The Bertz CT molecular complexity index is 330. The van der Waals surface area contributed by atoms with Crippen LogP contribution in [0.3, 0.4) is 0 Å². The summed E-state index contributed by atoms with van der Waals surface area (Å²) in [5.74, 6) is 1.13. The minimum atomic E-state index is -0.460. The highest BCUT2D eigenvalue weighted by Crippen LogP contribution is 2.21. The molecule has 1 rings (SSSR count). The molecule has 0 aliphatic carbocycles. The maximum absolute atomic E-state index is 11.7. The van der Waals surface area contributed by atoms with E-state index in [4.69, 9.17) is 9.15 Å². The third-order valence-corrected chi connectivity index (χ3v) is 2.06. The maximum Gasteiger partial charge on any atom is 0.331 e. The Kier molecular flexibility index (Phi) is 3.91. The van der Waals surface area contributed by atoms with Gasteiger partial charge in [-0.15, -0.1) is 0 Å². The summed E-state index contributed by atoms with van der Waals surface area (Å²) in [6.07, 6.45) is 0. The van der Waals surface area contributed by atoms with Crippen molar-refractivity contribution in [2.24, 2.45) is 0 Å². The van der Waals surface area contributed by atoms with Gasteiger partial charge >= 0.3 is 5.97 Å². The Labute approximate surface area is 89.8 Å². The van der Waals surface area contributed by atoms with Crippen molar-refractivity contribution in [2.45, 2.75) is 19.9 Å². The normalized spacial score (nSPS) is 12.9. The first kappa shape index (κ1) is 11.8. The van der Waals surface area contributed by atoms with Gasteiger partial charge < -0.3 is 9.15 Å². The number of hydrogen-bond acceptors (Lipinski definition) is 4. The van der Waals surface area contributed by atoms with Gasteiger partial charge in [-0.3, -0.25) is 4.90 Å². The van der Waals surface area contributed by atoms with Gasteiger partial charge in [0.25, 0.3) is 0 Å². The van der Waals surface area contributed by atoms with Gasteiger partial charge in [-0.2, -0.15) is 0 Å². The van der Waals surface area contributed by atoms with Crippen LogP contribution in [0.5, 0.6) is 0 Å². The summed E-state index contributed by atoms with van der Waals surface area (Å²) in [5, 5.41) is 0. The molecule has 15 heavy (non-hydrogen) atoms. The van der Waals surface area contributed by atoms with E-state index >= 15 is 0 Å². The van der Waals surface area contributed by atoms with Gasteiger partial charge in [-0.1, -0.05) is 0 Å². The fourth-order valence-electron chi connectivity index (χ4n) is 1.40. The van der Waals surface area contributed by atoms with Crippen molar-refractivity contribution < 1.29 is 13.9 Å². The third-order valence-electron chi connectivity index (χ3n) is 2.06. The van der Waals surface area contributed by atoms with Gasteiger partial charge in [0.15, 0.2) is 6.04 Å². The number of ether oxygens (including phenoxy) is 1. The van der Waals surface area contributed by atoms with Crippen molar-refractivity contribution in [1.82, 2.24) is 4.90 Å². The highest BCUT2D eigenvalue weighted by molar-refractivity contribution is 5.76. The van der Waals surface area contributed by atoms with Crippen LogP contribution in [0.15, 0.2) is 16.5 Å². The van der Waals surface area contributed by atoms with Gasteiger partial charge in [0.2, 0.25) is 0 Å². The molecule has 0 aromatic carbocycles. The molecule has 0 bridgehead atoms. The van der Waals surface area contributed by atoms with Gasteiger partial charge in [0.1, 0.15) is 11.5 Å². The largest absolute Gasteiger partial charge is 0.464 e. The lowest BCUT2D eigenvalue weighted by Gasteiger charge is -2.20. The van der Waals surface area contributed by atoms with E-state index < -0.39 is 6.04 Å². The van der Waals surface area contributed by atoms with Crippen LogP contribution >= 0.6 is 0 Å². The predicted octanol–water partition coefficient (Wildman–Crippen LogP) is 1.75. The van der Waals surface area contributed by atoms with Crippen molar-refractivity contribution in [3.05, 3.63) is 23.7 Å². The molecule has 4 heteroatoms. The summed E-state index contributed by atoms with van der Waals surface area (Å²) in [5.41, 5.74) is 0. The highest BCUT2D eigenvalue weighted by atomic mass is 16.5. The topological polar surface area (TPSA) is 42.7 Å². The molecule has 0 aliphatic heterocycles. The smallest absolute Gasteiger partial charge is 0.331 e. The van der Waals surface area contributed by atoms with E-state index in [2.05, 4.69) is 0 Å². The fraction of sp³-hybridized carbons (Fsp3) is 0.545. The number of carbonyl (C=O) groups excluding carboxylic acids is 1. The molecule has 0 saturated heterocycles. The van der Waals surface area contributed by atoms with Gasteiger partial charge in [0, 0.05) is 0 Å². The zero-order chi connectivity index (χ0) is 11.4. The van der Waals surface area contributed by atoms with Crippen LogP contribution < -0.4 is 0 Å². The molecular formula is C11H17NO3. The van der Waals surface area contributed by atoms with E-state index in [1.807, 2.05) is 27.1 Å². The van der Waals surface area contributed by atoms with Crippen molar-refractivity contribution in [3.8, 4) is 0 Å². The Hall–Kier alpha value is -1.29. The molecule has 1 atom stereocenters. The monoisotopic (exact) mass is 211 g/mol. The number of nitrogens with zero attached hydrogens (tertiary/aromatic N) is 1. The molecule has 0 N–H and O–H groups in total. The molecular weight excluding hydrogens is 194 g/mol. The highest BCUT2D eigenvalue weighted by Gasteiger charge is 2.27. The van der Waals surface area contributed by atoms with Crippen molar-refractivity contribution in [1.29, 1.82) is 0 Å². The molecule has 1 aromatic heterocycles. The Balaban J connectivity index is 2.88. The molecule has 0 aliphatic rings. The van der Waals surface area contributed by atoms with Crippen molar-refractivity contribution >= 4 is 5.97 Å². The van der Waals surface area contributed by atoms with Gasteiger partial charge in [-0.05, 0) is 40.1 Å². The van der Waals surface area contributed by atoms with Gasteiger partial charge in [0.05, 0.1) is 6.61 Å². The lowest BCUT2D eigenvalue weighted by Crippen LogP contribution is -2.29. The molecule has 1 unspecified atom stereocenters. The number of aryl methyl sites for hydroxylation is 1. The predicted molar refractivity (Wildman–Crippen MR) is 56.5 cm³/mol. The molecule has 1 aromatic rings. The summed E-state index contributed by atoms with van der Waals surface area (Å²) in [7, 11) is 3.64. The number of furan rings is 1. The standard InChI is InChI=1S/C11H17NO3/c1-5-14-11(13)10(12(3)4)9-7-6-8(2)15-9/h6-7,10H,5H2,1-4H3. The molecule has 0 spiro atoms. The second kappa shape index (κ2) is 4.98. The van der Waals surface area contributed by atoms with Crippen molar-refractivity contribution in [2.75, 3.05) is 20.7 Å². The van der Waals surface area contributed by atoms with Crippen LogP contribution in [0.1, 0.15) is 24.5 Å². The molecule has 1 heterocycles. The number of carbonyl (C=O) groups is 1. The van der Waals surface area contributed by atoms with E-state index in [0.717, 1.165) is 5.76 Å². The van der Waals surface area contributed by atoms with Crippen LogP contribution in [0.4, 0.5) is 0 Å². The zero-order valence-electron chi connectivity index (χ0n) is 9.61. The third kappa shape index (κ3) is 2.83. The molecule has 0 fully saturated rings. The number of rotatable bonds is 4. The van der Waals surface area contributed by atoms with Crippen LogP contribution in [0, 0.1) is 6.92 Å². The zero-order valence-corrected chi connectivity index (χ0v) is 9.61. The lowest BCUT2D eigenvalue weighted by atomic mass is 10.2. The van der Waals surface area contributed by atoms with E-state index in [1.54, 1.807) is 17.9 Å². The second-order valence-electron chi connectivity index (χ2n) is 3.57. The first-order valence-corrected chi connectivity index (χ1v) is 4.95. The Morgan fingerprint density at radius 1 is 1.53 bits per heavy atom. The summed E-state index contributed by atoms with van der Waals surface area (Å²) in [6.45, 7) is 4.02. The first-order chi connectivity index (χ1) is 7.06. The number of likely N-dealkylation sites (N-methyl/N-ethyl adjacent to an activating group) is 1. The summed E-state index contributed by atoms with van der Waals surface area (Å²) in [4.78, 5) is 13.4.